The van der Waals surface area contributed by atoms with Crippen molar-refractivity contribution in [1.29, 1.82) is 0 Å². The first-order valence-electron chi connectivity index (χ1n) is 2.16. The molecule has 0 unspecified atom stereocenters. The molecule has 0 radical (unpaired) electrons. The smallest absolute Gasteiger partial charge is 0.160 e. The van der Waals surface area contributed by atoms with E-state index in [0.29, 0.717) is 0 Å². The van der Waals surface area contributed by atoms with Gasteiger partial charge in [0, 0.05) is 0 Å². The Hall–Kier alpha value is 0.354. The molecule has 1 heterocycles. The molecule has 1 aliphatic heterocycles. The minimum atomic E-state index is 0.182. The molecule has 0 spiro atoms. The van der Waals surface area contributed by atoms with Crippen molar-refractivity contribution in [3.8, 4) is 0 Å². The quantitative estimate of drug-likeness (QED) is 0.335. The Bertz CT molecular complexity index is 45.5. The van der Waals surface area contributed by atoms with Crippen molar-refractivity contribution in [2.24, 2.45) is 0 Å². The van der Waals surface area contributed by atoms with E-state index in [1.807, 2.05) is 0 Å². The van der Waals surface area contributed by atoms with Gasteiger partial charge in [-0.05, 0) is 14.1 Å². The van der Waals surface area contributed by atoms with E-state index in [1.165, 1.54) is 0 Å². The van der Waals surface area contributed by atoms with Gasteiger partial charge in [0.1, 0.15) is 0 Å². The second kappa shape index (κ2) is 1.45. The van der Waals surface area contributed by atoms with E-state index in [9.17, 15) is 0 Å². The zero-order valence-electron chi connectivity index (χ0n) is 4.31. The zero-order valence-corrected chi connectivity index (χ0v) is 7.14. The normalized spacial score (nSPS) is 35.0. The van der Waals surface area contributed by atoms with Gasteiger partial charge in [-0.15, -0.1) is 0 Å². The lowest BCUT2D eigenvalue weighted by molar-refractivity contribution is 0.600. The van der Waals surface area contributed by atoms with Crippen LogP contribution in [0.15, 0.2) is 0 Å². The molecule has 0 aromatic rings. The van der Waals surface area contributed by atoms with Crippen LogP contribution in [0.5, 0.6) is 0 Å². The minimum absolute atomic E-state index is 0.182. The van der Waals surface area contributed by atoms with Crippen molar-refractivity contribution < 1.29 is 0 Å². The Labute approximate surface area is 43.1 Å². The molecule has 0 amide bonds. The zero-order chi connectivity index (χ0) is 4.57. The summed E-state index contributed by atoms with van der Waals surface area (Å²) < 4.78 is 5.06. The average molecular weight is 118 g/mol. The molecule has 0 atom stereocenters. The molecule has 6 heavy (non-hydrogen) atoms. The minimum Gasteiger partial charge on any atom is -0.335 e. The van der Waals surface area contributed by atoms with Crippen molar-refractivity contribution >= 4 is 19.7 Å². The molecular weight excluding hydrogens is 108 g/mol. The van der Waals surface area contributed by atoms with Crippen LogP contribution in [-0.2, 0) is 0 Å². The summed E-state index contributed by atoms with van der Waals surface area (Å²) in [5, 5.41) is 0. The lowest BCUT2D eigenvalue weighted by atomic mass is 11.6. The molecule has 36 valence electrons. The van der Waals surface area contributed by atoms with Crippen molar-refractivity contribution in [2.45, 2.75) is 0 Å². The fraction of sp³-hybridized carbons (Fsp3) is 1.00. The first-order valence-corrected chi connectivity index (χ1v) is 4.69. The van der Waals surface area contributed by atoms with Crippen LogP contribution < -0.4 is 0 Å². The molecule has 4 heteroatoms. The van der Waals surface area contributed by atoms with E-state index in [-0.39, 0.29) is 19.7 Å². The Balaban J connectivity index is 2.11. The summed E-state index contributed by atoms with van der Waals surface area (Å²) in [4.78, 5) is 0. The summed E-state index contributed by atoms with van der Waals surface area (Å²) in [6.07, 6.45) is 0. The van der Waals surface area contributed by atoms with Gasteiger partial charge in [0.2, 0.25) is 0 Å². The number of nitrogens with zero attached hydrogens (tertiary/aromatic N) is 2. The van der Waals surface area contributed by atoms with Crippen LogP contribution in [0.3, 0.4) is 0 Å². The standard InChI is InChI=1S/C2H10N2Si2/c1-3-5-4(2)6-3/h5-6H2,1-2H3. The van der Waals surface area contributed by atoms with Crippen molar-refractivity contribution in [2.75, 3.05) is 14.1 Å². The molecular formula is C2H10N2Si2. The lowest BCUT2D eigenvalue weighted by Gasteiger charge is -2.35. The van der Waals surface area contributed by atoms with Gasteiger partial charge >= 0.3 is 0 Å². The molecule has 2 nitrogen and oxygen atoms in total. The SMILES string of the molecule is CN1[SiH2]N(C)[SiH2]1. The van der Waals surface area contributed by atoms with Crippen LogP contribution in [0, 0.1) is 0 Å². The first kappa shape index (κ1) is 4.51. The van der Waals surface area contributed by atoms with Crippen LogP contribution in [0.4, 0.5) is 0 Å². The monoisotopic (exact) mass is 118 g/mol. The largest absolute Gasteiger partial charge is 0.335 e. The lowest BCUT2D eigenvalue weighted by Crippen LogP contribution is -2.57. The predicted octanol–water partition coefficient (Wildman–Crippen LogP) is -2.14. The van der Waals surface area contributed by atoms with Gasteiger partial charge in [-0.3, -0.25) is 0 Å². The van der Waals surface area contributed by atoms with Gasteiger partial charge in [0.15, 0.2) is 19.7 Å². The highest BCUT2D eigenvalue weighted by atomic mass is 28.4. The van der Waals surface area contributed by atoms with E-state index >= 15 is 0 Å². The van der Waals surface area contributed by atoms with Gasteiger partial charge < -0.3 is 8.46 Å². The summed E-state index contributed by atoms with van der Waals surface area (Å²) >= 11 is 0. The molecule has 0 aromatic carbocycles. The van der Waals surface area contributed by atoms with E-state index in [4.69, 9.17) is 0 Å². The Morgan fingerprint density at radius 2 is 1.33 bits per heavy atom. The number of hydrogen-bond acceptors (Lipinski definition) is 2. The van der Waals surface area contributed by atoms with E-state index in [1.54, 1.807) is 0 Å². The van der Waals surface area contributed by atoms with Crippen molar-refractivity contribution in [3.05, 3.63) is 0 Å². The molecule has 0 saturated carbocycles. The van der Waals surface area contributed by atoms with Crippen molar-refractivity contribution in [3.63, 3.8) is 0 Å². The Morgan fingerprint density at radius 3 is 1.33 bits per heavy atom. The molecule has 1 saturated heterocycles. The van der Waals surface area contributed by atoms with Crippen LogP contribution in [0.1, 0.15) is 0 Å². The molecule has 1 fully saturated rings. The third kappa shape index (κ3) is 0.702. The molecule has 1 rings (SSSR count). The van der Waals surface area contributed by atoms with E-state index in [0.717, 1.165) is 0 Å². The van der Waals surface area contributed by atoms with Crippen LogP contribution in [0.2, 0.25) is 0 Å². The third-order valence-electron chi connectivity index (χ3n) is 0.966. The van der Waals surface area contributed by atoms with Crippen LogP contribution in [0.25, 0.3) is 0 Å². The van der Waals surface area contributed by atoms with Gasteiger partial charge in [-0.25, -0.2) is 0 Å². The second-order valence-electron chi connectivity index (χ2n) is 1.99. The highest BCUT2D eigenvalue weighted by molar-refractivity contribution is 6.64. The molecule has 0 N–H and O–H groups in total. The maximum Gasteiger partial charge on any atom is 0.160 e. The highest BCUT2D eigenvalue weighted by Crippen LogP contribution is 1.91. The van der Waals surface area contributed by atoms with Gasteiger partial charge in [0.25, 0.3) is 0 Å². The van der Waals surface area contributed by atoms with Gasteiger partial charge in [0.05, 0.1) is 0 Å². The summed E-state index contributed by atoms with van der Waals surface area (Å²) in [6, 6.07) is 0. The molecule has 1 aliphatic rings. The summed E-state index contributed by atoms with van der Waals surface area (Å²) in [6.45, 7) is 0. The molecule has 0 bridgehead atoms. The maximum atomic E-state index is 2.53. The number of hydrogen-bond donors (Lipinski definition) is 0. The molecule has 0 aromatic heterocycles. The average Bonchev–Trinajstić information content (AvgIpc) is 1.33. The summed E-state index contributed by atoms with van der Waals surface area (Å²) in [5.74, 6) is 0. The summed E-state index contributed by atoms with van der Waals surface area (Å²) in [5.41, 5.74) is 0. The fourth-order valence-corrected chi connectivity index (χ4v) is 5.35. The Morgan fingerprint density at radius 1 is 1.00 bits per heavy atom. The summed E-state index contributed by atoms with van der Waals surface area (Å²) in [7, 11) is 4.83. The van der Waals surface area contributed by atoms with E-state index in [2.05, 4.69) is 22.6 Å². The maximum absolute atomic E-state index is 2.53. The third-order valence-corrected chi connectivity index (χ3v) is 5.30. The second-order valence-corrected chi connectivity index (χ2v) is 8.67. The van der Waals surface area contributed by atoms with E-state index < -0.39 is 0 Å². The van der Waals surface area contributed by atoms with Gasteiger partial charge in [-0.1, -0.05) is 0 Å². The predicted molar refractivity (Wildman–Crippen MR) is 32.6 cm³/mol. The topological polar surface area (TPSA) is 6.48 Å². The Kier molecular flexibility index (Phi) is 1.09. The first-order chi connectivity index (χ1) is 2.79. The van der Waals surface area contributed by atoms with Crippen LogP contribution >= 0.6 is 0 Å². The molecule has 0 aliphatic carbocycles. The van der Waals surface area contributed by atoms with Gasteiger partial charge in [-0.2, -0.15) is 0 Å². The van der Waals surface area contributed by atoms with Crippen molar-refractivity contribution in [1.82, 2.24) is 8.46 Å². The fourth-order valence-electron chi connectivity index (χ4n) is 0.783. The highest BCUT2D eigenvalue weighted by Gasteiger charge is 2.15. The number of rotatable bonds is 0. The van der Waals surface area contributed by atoms with Crippen LogP contribution in [-0.4, -0.2) is 42.2 Å².